The Morgan fingerprint density at radius 2 is 1.15 bits per heavy atom. The van der Waals surface area contributed by atoms with Crippen LogP contribution in [0.2, 0.25) is 0 Å². The van der Waals surface area contributed by atoms with Crippen molar-refractivity contribution in [2.24, 2.45) is 0 Å². The fourth-order valence-electron chi connectivity index (χ4n) is 9.13. The third-order valence-electron chi connectivity index (χ3n) is 12.8. The van der Waals surface area contributed by atoms with E-state index >= 15 is 0 Å². The Kier molecular flexibility index (Phi) is 24.2. The van der Waals surface area contributed by atoms with Crippen molar-refractivity contribution in [3.8, 4) is 0 Å². The van der Waals surface area contributed by atoms with E-state index in [2.05, 4.69) is 0 Å². The van der Waals surface area contributed by atoms with Crippen LogP contribution in [0.4, 0.5) is 11.4 Å². The van der Waals surface area contributed by atoms with Gasteiger partial charge in [0.2, 0.25) is 5.69 Å². The Labute approximate surface area is 456 Å². The normalized spacial score (nSPS) is 19.6. The first-order valence-corrected chi connectivity index (χ1v) is 30.3. The summed E-state index contributed by atoms with van der Waals surface area (Å²) in [7, 11) is -17.5. The maximum absolute atomic E-state index is 12.2. The topological polar surface area (TPSA) is 345 Å². The zero-order chi connectivity index (χ0) is 56.7. The van der Waals surface area contributed by atoms with Crippen LogP contribution in [0.25, 0.3) is 0 Å². The molecular weight excluding hydrogens is 1110 g/mol. The summed E-state index contributed by atoms with van der Waals surface area (Å²) in [4.78, 5) is 40.7. The lowest BCUT2D eigenvalue weighted by molar-refractivity contribution is -0.442. The molecule has 0 aromatic heterocycles. The van der Waals surface area contributed by atoms with Crippen molar-refractivity contribution in [1.82, 2.24) is 5.06 Å². The van der Waals surface area contributed by atoms with Gasteiger partial charge in [0.1, 0.15) is 26.8 Å². The number of fused-ring (bicyclic) bond motifs is 2. The van der Waals surface area contributed by atoms with Gasteiger partial charge in [-0.2, -0.15) is 4.58 Å². The van der Waals surface area contributed by atoms with Crippen LogP contribution in [0.5, 0.6) is 0 Å². The zero-order valence-corrected chi connectivity index (χ0v) is 46.0. The Bertz CT molecular complexity index is 3070. The number of imide groups is 1. The molecule has 1 fully saturated rings. The Hall–Kier alpha value is -5.08. The average Bonchev–Trinajstić information content (AvgIpc) is 3.87. The first-order valence-electron chi connectivity index (χ1n) is 24.3. The van der Waals surface area contributed by atoms with Gasteiger partial charge in [0.25, 0.3) is 11.8 Å². The predicted molar refractivity (Wildman–Crippen MR) is 277 cm³/mol. The number of methoxy groups -OCH3 is 1. The number of anilines is 1. The van der Waals surface area contributed by atoms with E-state index in [1.54, 1.807) is 56.4 Å². The minimum atomic E-state index is -4.93. The van der Waals surface area contributed by atoms with E-state index in [-0.39, 0.29) is 125 Å². The maximum Gasteiger partial charge on any atom is 0.335 e. The molecule has 3 aliphatic rings. The van der Waals surface area contributed by atoms with Crippen molar-refractivity contribution in [3.63, 3.8) is 0 Å². The Balaban J connectivity index is 0.0000131. The van der Waals surface area contributed by atoms with E-state index in [1.165, 1.54) is 43.5 Å². The van der Waals surface area contributed by atoms with E-state index in [0.717, 1.165) is 0 Å². The maximum atomic E-state index is 12.2. The molecule has 5 rings (SSSR count). The monoisotopic (exact) mass is 1170 g/mol. The molecule has 0 radical (unpaired) electrons. The van der Waals surface area contributed by atoms with E-state index < -0.39 is 90.4 Å². The fraction of sp³-hybridized carbons (Fsp3) is 0.520. The van der Waals surface area contributed by atoms with Crippen LogP contribution in [0, 0.1) is 0 Å². The molecule has 0 saturated carbocycles. The third-order valence-corrected chi connectivity index (χ3v) is 16.1. The van der Waals surface area contributed by atoms with Crippen molar-refractivity contribution in [1.29, 1.82) is 0 Å². The second-order valence-corrected chi connectivity index (χ2v) is 24.1. The summed E-state index contributed by atoms with van der Waals surface area (Å²) < 4.78 is 172. The number of rotatable bonds is 33. The molecular formula is C50H66N3O21S4-3. The molecule has 78 heavy (non-hydrogen) atoms. The van der Waals surface area contributed by atoms with Crippen molar-refractivity contribution in [3.05, 3.63) is 95.8 Å². The van der Waals surface area contributed by atoms with Crippen LogP contribution in [-0.4, -0.2) is 176 Å². The van der Waals surface area contributed by atoms with Gasteiger partial charge in [0.15, 0.2) is 12.3 Å². The Morgan fingerprint density at radius 1 is 0.654 bits per heavy atom. The van der Waals surface area contributed by atoms with Gasteiger partial charge < -0.3 is 51.6 Å². The van der Waals surface area contributed by atoms with E-state index in [1.807, 2.05) is 9.48 Å². The molecule has 2 aromatic carbocycles. The molecule has 2 atom stereocenters. The molecule has 434 valence electrons. The molecule has 2 amide bonds. The smallest absolute Gasteiger partial charge is 0.335 e. The van der Waals surface area contributed by atoms with E-state index in [0.29, 0.717) is 39.0 Å². The lowest BCUT2D eigenvalue weighted by Crippen LogP contribution is -2.32. The lowest BCUT2D eigenvalue weighted by atomic mass is 9.76. The van der Waals surface area contributed by atoms with Gasteiger partial charge in [-0.1, -0.05) is 37.8 Å². The molecule has 2 aromatic rings. The SMILES string of the molecule is C.COCCN1C(=CC=CC=CC=CC2=[N+](CCOCCOCCOCCOCCC(=O)ON3C(=O)CCC3=O)c3ccc(S(=O)(=O)[O-])cc3C2(C)CCCS(=O)(=O)[O-])C(C)(CCCS(=O)(=O)[O-])c2cc(S(=O)(=O)[O-])ccc21. The minimum absolute atomic E-state index is 0. The van der Waals surface area contributed by atoms with Crippen LogP contribution in [0.3, 0.4) is 0 Å². The number of ether oxygens (including phenoxy) is 5. The number of nitrogens with zero attached hydrogens (tertiary/aromatic N) is 3. The van der Waals surface area contributed by atoms with Crippen LogP contribution < -0.4 is 4.90 Å². The van der Waals surface area contributed by atoms with Crippen molar-refractivity contribution in [2.75, 3.05) is 96.1 Å². The molecule has 0 spiro atoms. The summed E-state index contributed by atoms with van der Waals surface area (Å²) in [6, 6.07) is 7.84. The highest BCUT2D eigenvalue weighted by atomic mass is 32.2. The van der Waals surface area contributed by atoms with E-state index in [4.69, 9.17) is 28.5 Å². The first-order chi connectivity index (χ1) is 36.2. The van der Waals surface area contributed by atoms with Gasteiger partial charge >= 0.3 is 5.97 Å². The second-order valence-electron chi connectivity index (χ2n) is 18.3. The number of benzene rings is 2. The lowest BCUT2D eigenvalue weighted by Gasteiger charge is -2.30. The second kappa shape index (κ2) is 28.9. The minimum Gasteiger partial charge on any atom is -0.748 e. The fourth-order valence-corrected chi connectivity index (χ4v) is 11.1. The van der Waals surface area contributed by atoms with Crippen molar-refractivity contribution < 1.29 is 99.4 Å². The van der Waals surface area contributed by atoms with Crippen LogP contribution in [0.1, 0.15) is 77.3 Å². The number of carbonyl (C=O) groups excluding carboxylic acids is 3. The Morgan fingerprint density at radius 3 is 1.71 bits per heavy atom. The highest BCUT2D eigenvalue weighted by Gasteiger charge is 2.48. The summed E-state index contributed by atoms with van der Waals surface area (Å²) in [5, 5.41) is 0.467. The average molecular weight is 1170 g/mol. The van der Waals surface area contributed by atoms with Gasteiger partial charge in [-0.25, -0.2) is 38.5 Å². The number of amides is 2. The molecule has 0 bridgehead atoms. The summed E-state index contributed by atoms with van der Waals surface area (Å²) in [5.74, 6) is -3.30. The number of allylic oxidation sites excluding steroid dienone is 8. The number of hydrogen-bond donors (Lipinski definition) is 0. The van der Waals surface area contributed by atoms with Gasteiger partial charge in [0, 0.05) is 72.5 Å². The molecule has 0 N–H and O–H groups in total. The first kappa shape index (κ1) is 65.4. The van der Waals surface area contributed by atoms with Crippen molar-refractivity contribution >= 4 is 75.3 Å². The van der Waals surface area contributed by atoms with Gasteiger partial charge in [-0.3, -0.25) is 9.59 Å². The van der Waals surface area contributed by atoms with Crippen LogP contribution >= 0.6 is 0 Å². The highest BCUT2D eigenvalue weighted by molar-refractivity contribution is 7.86. The third kappa shape index (κ3) is 18.5. The highest BCUT2D eigenvalue weighted by Crippen LogP contribution is 2.51. The van der Waals surface area contributed by atoms with Crippen molar-refractivity contribution in [2.45, 2.75) is 86.8 Å². The molecule has 3 aliphatic heterocycles. The zero-order valence-electron chi connectivity index (χ0n) is 42.7. The molecule has 1 saturated heterocycles. The molecule has 0 aliphatic carbocycles. The molecule has 2 unspecified atom stereocenters. The molecule has 28 heteroatoms. The van der Waals surface area contributed by atoms with Gasteiger partial charge in [0.05, 0.1) is 94.7 Å². The summed E-state index contributed by atoms with van der Waals surface area (Å²) in [6.45, 7) is 5.48. The predicted octanol–water partition coefficient (Wildman–Crippen LogP) is 3.18. The van der Waals surface area contributed by atoms with E-state index in [9.17, 15) is 66.3 Å². The molecule has 24 nitrogen and oxygen atoms in total. The summed E-state index contributed by atoms with van der Waals surface area (Å²) in [6.07, 6.45) is 11.6. The number of hydrogen-bond acceptors (Lipinski definition) is 22. The summed E-state index contributed by atoms with van der Waals surface area (Å²) >= 11 is 0. The van der Waals surface area contributed by atoms with Crippen LogP contribution in [0.15, 0.2) is 94.4 Å². The van der Waals surface area contributed by atoms with Crippen LogP contribution in [-0.2, 0) is 94.2 Å². The van der Waals surface area contributed by atoms with Gasteiger partial charge in [-0.05, 0) is 81.5 Å². The quantitative estimate of drug-likeness (QED) is 0.0325. The number of hydroxylamine groups is 2. The number of carbonyl (C=O) groups is 3. The largest absolute Gasteiger partial charge is 0.748 e. The molecule has 3 heterocycles. The standard InChI is InChI=1S/C49H65N3O21S4.CH4/c1-48(20-9-33-74(56,57)58)39-35-37(76(62,63)64)13-15-41(39)50(22-25-68-3)43(48)11-7-5-4-6-8-12-44-49(2,21-10-34-75(59,60)61)40-36-38(77(65,66)67)14-16-42(40)51(44)23-26-70-28-30-72-32-31-71-29-27-69-24-19-47(55)73-52-45(53)17-18-46(52)54;/h4-8,11-16,35-36H,9-10,17-34H2,1-3H3,(H3-,56,57,58,59,60,61,62,63,64,65,66,67);1H4/p-3. The summed E-state index contributed by atoms with van der Waals surface area (Å²) in [5.41, 5.74) is 0.925. The van der Waals surface area contributed by atoms with Gasteiger partial charge in [-0.15, -0.1) is 5.06 Å².